The molecule has 0 saturated heterocycles. The zero-order valence-electron chi connectivity index (χ0n) is 12.6. The lowest BCUT2D eigenvalue weighted by Gasteiger charge is -2.04. The van der Waals surface area contributed by atoms with Gasteiger partial charge in [-0.2, -0.15) is 5.10 Å². The third-order valence-corrected chi connectivity index (χ3v) is 3.10. The first-order chi connectivity index (χ1) is 10.6. The number of carbonyl (C=O) groups is 2. The smallest absolute Gasteiger partial charge is 0.359 e. The fourth-order valence-electron chi connectivity index (χ4n) is 1.94. The van der Waals surface area contributed by atoms with Gasteiger partial charge in [-0.05, 0) is 30.2 Å². The highest BCUT2D eigenvalue weighted by molar-refractivity contribution is 5.89. The Labute approximate surface area is 128 Å². The topological polar surface area (TPSA) is 81.3 Å². The molecule has 6 heteroatoms. The van der Waals surface area contributed by atoms with Crippen LogP contribution in [0.5, 0.6) is 0 Å². The zero-order chi connectivity index (χ0) is 15.9. The lowest BCUT2D eigenvalue weighted by molar-refractivity contribution is 0.0464. The van der Waals surface area contributed by atoms with Gasteiger partial charge < -0.3 is 9.47 Å². The van der Waals surface area contributed by atoms with E-state index in [-0.39, 0.29) is 12.3 Å². The number of hydrogen-bond donors (Lipinski definition) is 1. The van der Waals surface area contributed by atoms with Crippen molar-refractivity contribution >= 4 is 11.9 Å². The number of nitrogens with zero attached hydrogens (tertiary/aromatic N) is 1. The van der Waals surface area contributed by atoms with Crippen molar-refractivity contribution < 1.29 is 19.1 Å². The van der Waals surface area contributed by atoms with Gasteiger partial charge in [0.2, 0.25) is 0 Å². The number of aromatic amines is 1. The van der Waals surface area contributed by atoms with Gasteiger partial charge in [0, 0.05) is 5.69 Å². The van der Waals surface area contributed by atoms with Crippen LogP contribution in [0.2, 0.25) is 0 Å². The Morgan fingerprint density at radius 1 is 1.18 bits per heavy atom. The molecule has 1 aromatic carbocycles. The third-order valence-electron chi connectivity index (χ3n) is 3.10. The van der Waals surface area contributed by atoms with Gasteiger partial charge in [-0.25, -0.2) is 9.59 Å². The van der Waals surface area contributed by atoms with Gasteiger partial charge >= 0.3 is 11.9 Å². The van der Waals surface area contributed by atoms with E-state index in [9.17, 15) is 9.59 Å². The van der Waals surface area contributed by atoms with Crippen LogP contribution in [0.15, 0.2) is 30.3 Å². The van der Waals surface area contributed by atoms with E-state index in [1.807, 2.05) is 0 Å². The Morgan fingerprint density at radius 2 is 1.91 bits per heavy atom. The summed E-state index contributed by atoms with van der Waals surface area (Å²) in [4.78, 5) is 23.2. The zero-order valence-corrected chi connectivity index (χ0v) is 12.6. The third kappa shape index (κ3) is 3.94. The van der Waals surface area contributed by atoms with Gasteiger partial charge in [0.25, 0.3) is 0 Å². The van der Waals surface area contributed by atoms with Crippen LogP contribution < -0.4 is 0 Å². The van der Waals surface area contributed by atoms with Gasteiger partial charge in [0.05, 0.1) is 12.7 Å². The molecule has 116 valence electrons. The highest BCUT2D eigenvalue weighted by Crippen LogP contribution is 2.09. The largest absolute Gasteiger partial charge is 0.465 e. The number of methoxy groups -OCH3 is 1. The maximum atomic E-state index is 11.9. The van der Waals surface area contributed by atoms with Crippen molar-refractivity contribution in [1.29, 1.82) is 0 Å². The summed E-state index contributed by atoms with van der Waals surface area (Å²) in [5.41, 5.74) is 2.42. The normalized spacial score (nSPS) is 10.3. The van der Waals surface area contributed by atoms with Crippen LogP contribution in [0.3, 0.4) is 0 Å². The van der Waals surface area contributed by atoms with Crippen LogP contribution in [0.25, 0.3) is 0 Å². The Bertz CT molecular complexity index is 646. The standard InChI is InChI=1S/C16H18N2O4/c1-3-4-13-9-14(18-17-13)16(20)22-10-11-5-7-12(8-6-11)15(19)21-2/h5-9H,3-4,10H2,1-2H3,(H,17,18). The van der Waals surface area contributed by atoms with Gasteiger partial charge in [-0.3, -0.25) is 5.10 Å². The minimum absolute atomic E-state index is 0.121. The molecule has 0 saturated carbocycles. The van der Waals surface area contributed by atoms with Crippen molar-refractivity contribution in [3.63, 3.8) is 0 Å². The maximum absolute atomic E-state index is 11.9. The van der Waals surface area contributed by atoms with Gasteiger partial charge in [0.1, 0.15) is 6.61 Å². The number of benzene rings is 1. The number of aromatic nitrogens is 2. The van der Waals surface area contributed by atoms with Gasteiger partial charge in [-0.1, -0.05) is 25.5 Å². The molecule has 1 N–H and O–H groups in total. The molecule has 1 aromatic heterocycles. The molecule has 1 heterocycles. The number of rotatable bonds is 6. The van der Waals surface area contributed by atoms with Crippen molar-refractivity contribution in [3.05, 3.63) is 52.8 Å². The predicted molar refractivity (Wildman–Crippen MR) is 79.5 cm³/mol. The van der Waals surface area contributed by atoms with E-state index in [4.69, 9.17) is 4.74 Å². The molecule has 0 fully saturated rings. The van der Waals surface area contributed by atoms with Crippen molar-refractivity contribution in [1.82, 2.24) is 10.2 Å². The lowest BCUT2D eigenvalue weighted by Crippen LogP contribution is -2.06. The molecule has 0 aliphatic rings. The van der Waals surface area contributed by atoms with E-state index in [2.05, 4.69) is 21.9 Å². The summed E-state index contributed by atoms with van der Waals surface area (Å²) in [6, 6.07) is 8.39. The summed E-state index contributed by atoms with van der Waals surface area (Å²) in [6.45, 7) is 2.17. The number of carbonyl (C=O) groups excluding carboxylic acids is 2. The fraction of sp³-hybridized carbons (Fsp3) is 0.312. The number of ether oxygens (including phenoxy) is 2. The number of esters is 2. The monoisotopic (exact) mass is 302 g/mol. The Hall–Kier alpha value is -2.63. The van der Waals surface area contributed by atoms with Crippen LogP contribution in [0, 0.1) is 0 Å². The molecule has 0 aliphatic heterocycles. The van der Waals surface area contributed by atoms with Crippen molar-refractivity contribution in [2.75, 3.05) is 7.11 Å². The molecule has 0 amide bonds. The minimum Gasteiger partial charge on any atom is -0.465 e. The van der Waals surface area contributed by atoms with Crippen LogP contribution in [-0.4, -0.2) is 29.2 Å². The Balaban J connectivity index is 1.91. The highest BCUT2D eigenvalue weighted by atomic mass is 16.5. The van der Waals surface area contributed by atoms with E-state index in [1.165, 1.54) is 7.11 Å². The molecule has 0 spiro atoms. The molecule has 0 atom stereocenters. The van der Waals surface area contributed by atoms with Crippen LogP contribution in [0.4, 0.5) is 0 Å². The van der Waals surface area contributed by atoms with Crippen LogP contribution in [0.1, 0.15) is 45.4 Å². The van der Waals surface area contributed by atoms with E-state index in [1.54, 1.807) is 30.3 Å². The number of H-pyrrole nitrogens is 1. The Morgan fingerprint density at radius 3 is 2.55 bits per heavy atom. The highest BCUT2D eigenvalue weighted by Gasteiger charge is 2.12. The van der Waals surface area contributed by atoms with Crippen molar-refractivity contribution in [2.24, 2.45) is 0 Å². The van der Waals surface area contributed by atoms with E-state index < -0.39 is 11.9 Å². The molecular formula is C16H18N2O4. The second-order valence-corrected chi connectivity index (χ2v) is 4.79. The summed E-state index contributed by atoms with van der Waals surface area (Å²) >= 11 is 0. The molecule has 0 bridgehead atoms. The average Bonchev–Trinajstić information content (AvgIpc) is 3.01. The molecule has 0 unspecified atom stereocenters. The molecule has 2 rings (SSSR count). The fourth-order valence-corrected chi connectivity index (χ4v) is 1.94. The summed E-state index contributed by atoms with van der Waals surface area (Å²) in [6.07, 6.45) is 1.82. The molecule has 0 radical (unpaired) electrons. The van der Waals surface area contributed by atoms with Gasteiger partial charge in [0.15, 0.2) is 5.69 Å². The first kappa shape index (κ1) is 15.8. The minimum atomic E-state index is -0.476. The molecule has 22 heavy (non-hydrogen) atoms. The SMILES string of the molecule is CCCc1cc(C(=O)OCc2ccc(C(=O)OC)cc2)n[nH]1. The van der Waals surface area contributed by atoms with E-state index in [0.29, 0.717) is 5.56 Å². The molecule has 0 aliphatic carbocycles. The number of nitrogens with one attached hydrogen (secondary N) is 1. The number of aryl methyl sites for hydroxylation is 1. The summed E-state index contributed by atoms with van der Waals surface area (Å²) in [5.74, 6) is -0.876. The summed E-state index contributed by atoms with van der Waals surface area (Å²) in [5, 5.41) is 6.74. The Kier molecular flexibility index (Phi) is 5.30. The second kappa shape index (κ2) is 7.40. The average molecular weight is 302 g/mol. The molecule has 2 aromatic rings. The lowest BCUT2D eigenvalue weighted by atomic mass is 10.1. The maximum Gasteiger partial charge on any atom is 0.359 e. The van der Waals surface area contributed by atoms with E-state index >= 15 is 0 Å². The van der Waals surface area contributed by atoms with Crippen molar-refractivity contribution in [3.8, 4) is 0 Å². The number of hydrogen-bond acceptors (Lipinski definition) is 5. The summed E-state index contributed by atoms with van der Waals surface area (Å²) < 4.78 is 9.81. The van der Waals surface area contributed by atoms with Crippen molar-refractivity contribution in [2.45, 2.75) is 26.4 Å². The molecular weight excluding hydrogens is 284 g/mol. The predicted octanol–water partition coefficient (Wildman–Crippen LogP) is 2.51. The van der Waals surface area contributed by atoms with Crippen LogP contribution >= 0.6 is 0 Å². The first-order valence-corrected chi connectivity index (χ1v) is 7.02. The summed E-state index contributed by atoms with van der Waals surface area (Å²) in [7, 11) is 1.33. The quantitative estimate of drug-likeness (QED) is 0.829. The second-order valence-electron chi connectivity index (χ2n) is 4.79. The first-order valence-electron chi connectivity index (χ1n) is 7.02. The molecule has 6 nitrogen and oxygen atoms in total. The van der Waals surface area contributed by atoms with Crippen LogP contribution in [-0.2, 0) is 22.5 Å². The van der Waals surface area contributed by atoms with E-state index in [0.717, 1.165) is 24.1 Å². The van der Waals surface area contributed by atoms with Gasteiger partial charge in [-0.15, -0.1) is 0 Å².